The summed E-state index contributed by atoms with van der Waals surface area (Å²) in [6.45, 7) is 1.94. The van der Waals surface area contributed by atoms with E-state index in [9.17, 15) is 0 Å². The molecule has 0 atom stereocenters. The molecule has 0 bridgehead atoms. The van der Waals surface area contributed by atoms with Gasteiger partial charge < -0.3 is 5.73 Å². The van der Waals surface area contributed by atoms with Crippen molar-refractivity contribution in [1.29, 1.82) is 10.5 Å². The quantitative estimate of drug-likeness (QED) is 0.594. The lowest BCUT2D eigenvalue weighted by Gasteiger charge is -1.97. The van der Waals surface area contributed by atoms with Crippen molar-refractivity contribution in [2.24, 2.45) is 10.7 Å². The van der Waals surface area contributed by atoms with Crippen molar-refractivity contribution in [1.82, 2.24) is 0 Å². The van der Waals surface area contributed by atoms with Crippen molar-refractivity contribution < 1.29 is 0 Å². The predicted octanol–water partition coefficient (Wildman–Crippen LogP) is 1.63. The third kappa shape index (κ3) is 2.70. The molecule has 0 saturated heterocycles. The highest BCUT2D eigenvalue weighted by Gasteiger charge is 1.99. The van der Waals surface area contributed by atoms with Crippen LogP contribution in [-0.4, -0.2) is 6.21 Å². The minimum absolute atomic E-state index is 0.0641. The van der Waals surface area contributed by atoms with Crippen LogP contribution in [0.2, 0.25) is 0 Å². The predicted molar refractivity (Wildman–Crippen MR) is 61.2 cm³/mol. The lowest BCUT2D eigenvalue weighted by molar-refractivity contribution is 1.27. The van der Waals surface area contributed by atoms with E-state index in [1.807, 2.05) is 31.2 Å². The third-order valence-electron chi connectivity index (χ3n) is 2.00. The molecule has 0 aliphatic rings. The summed E-state index contributed by atoms with van der Waals surface area (Å²) in [6.07, 6.45) is 1.53. The van der Waals surface area contributed by atoms with Crippen LogP contribution in [0.4, 0.5) is 0 Å². The van der Waals surface area contributed by atoms with Gasteiger partial charge in [-0.25, -0.2) is 4.99 Å². The van der Waals surface area contributed by atoms with E-state index in [4.69, 9.17) is 16.3 Å². The molecular weight excluding hydrogens is 200 g/mol. The van der Waals surface area contributed by atoms with Crippen LogP contribution in [0.25, 0.3) is 0 Å². The van der Waals surface area contributed by atoms with E-state index in [0.717, 1.165) is 11.1 Å². The van der Waals surface area contributed by atoms with Gasteiger partial charge in [-0.15, -0.1) is 0 Å². The van der Waals surface area contributed by atoms with Crippen molar-refractivity contribution in [3.05, 3.63) is 46.8 Å². The summed E-state index contributed by atoms with van der Waals surface area (Å²) in [5, 5.41) is 17.3. The smallest absolute Gasteiger partial charge is 0.174 e. The van der Waals surface area contributed by atoms with Crippen LogP contribution in [0.15, 0.2) is 40.7 Å². The molecule has 0 heterocycles. The molecule has 0 aliphatic carbocycles. The number of rotatable bonds is 2. The van der Waals surface area contributed by atoms with Crippen LogP contribution in [0.3, 0.4) is 0 Å². The number of aliphatic imine (C=N–C) groups is 1. The Morgan fingerprint density at radius 2 is 2.00 bits per heavy atom. The van der Waals surface area contributed by atoms with Gasteiger partial charge in [-0.05, 0) is 18.1 Å². The molecule has 0 spiro atoms. The molecule has 4 heteroatoms. The van der Waals surface area contributed by atoms with E-state index in [2.05, 4.69) is 4.99 Å². The van der Waals surface area contributed by atoms with Crippen molar-refractivity contribution in [2.75, 3.05) is 0 Å². The molecule has 1 aromatic rings. The van der Waals surface area contributed by atoms with Crippen molar-refractivity contribution in [2.45, 2.75) is 6.92 Å². The van der Waals surface area contributed by atoms with Gasteiger partial charge in [0, 0.05) is 6.21 Å². The fourth-order valence-corrected chi connectivity index (χ4v) is 1.08. The Kier molecular flexibility index (Phi) is 3.83. The molecule has 0 unspecified atom stereocenters. The number of nitrogens with zero attached hydrogens (tertiary/aromatic N) is 3. The largest absolute Gasteiger partial charge is 0.388 e. The third-order valence-corrected chi connectivity index (χ3v) is 2.00. The Bertz CT molecular complexity index is 527. The number of benzene rings is 1. The number of nitrogens with two attached hydrogens (primary N) is 1. The maximum atomic E-state index is 8.72. The zero-order chi connectivity index (χ0) is 12.0. The molecule has 1 aromatic carbocycles. The summed E-state index contributed by atoms with van der Waals surface area (Å²) in [4.78, 5) is 3.89. The van der Waals surface area contributed by atoms with Crippen molar-refractivity contribution in [3.63, 3.8) is 0 Å². The van der Waals surface area contributed by atoms with Gasteiger partial charge >= 0.3 is 0 Å². The van der Waals surface area contributed by atoms with Gasteiger partial charge in [0.2, 0.25) is 0 Å². The van der Waals surface area contributed by atoms with Gasteiger partial charge in [-0.2, -0.15) is 10.5 Å². The topological polar surface area (TPSA) is 86.0 Å². The Labute approximate surface area is 94.0 Å². The monoisotopic (exact) mass is 210 g/mol. The number of nitriles is 2. The van der Waals surface area contributed by atoms with Crippen molar-refractivity contribution in [3.8, 4) is 12.1 Å². The van der Waals surface area contributed by atoms with Crippen LogP contribution >= 0.6 is 0 Å². The normalized spacial score (nSPS) is 11.7. The Balaban J connectivity index is 3.04. The molecule has 4 nitrogen and oxygen atoms in total. The van der Waals surface area contributed by atoms with Crippen LogP contribution in [0.5, 0.6) is 0 Å². The molecule has 0 saturated carbocycles. The van der Waals surface area contributed by atoms with Crippen molar-refractivity contribution >= 4 is 6.21 Å². The summed E-state index contributed by atoms with van der Waals surface area (Å²) < 4.78 is 0. The van der Waals surface area contributed by atoms with E-state index in [1.54, 1.807) is 12.1 Å². The second kappa shape index (κ2) is 5.33. The highest BCUT2D eigenvalue weighted by molar-refractivity contribution is 5.82. The summed E-state index contributed by atoms with van der Waals surface area (Å²) in [6, 6.07) is 11.1. The van der Waals surface area contributed by atoms with Gasteiger partial charge in [0.15, 0.2) is 5.70 Å². The summed E-state index contributed by atoms with van der Waals surface area (Å²) >= 11 is 0. The van der Waals surface area contributed by atoms with E-state index in [0.29, 0.717) is 0 Å². The molecule has 0 aromatic heterocycles. The lowest BCUT2D eigenvalue weighted by Crippen LogP contribution is -1.97. The van der Waals surface area contributed by atoms with Crippen LogP contribution < -0.4 is 5.73 Å². The van der Waals surface area contributed by atoms with Crippen LogP contribution in [0.1, 0.15) is 11.1 Å². The zero-order valence-electron chi connectivity index (χ0n) is 8.81. The number of hydrogen-bond acceptors (Lipinski definition) is 4. The lowest BCUT2D eigenvalue weighted by atomic mass is 10.1. The minimum Gasteiger partial charge on any atom is -0.388 e. The number of allylic oxidation sites excluding steroid dienone is 2. The first-order valence-corrected chi connectivity index (χ1v) is 4.58. The molecule has 16 heavy (non-hydrogen) atoms. The number of aryl methyl sites for hydroxylation is 1. The van der Waals surface area contributed by atoms with Gasteiger partial charge in [0.25, 0.3) is 0 Å². The first-order valence-electron chi connectivity index (χ1n) is 4.58. The van der Waals surface area contributed by atoms with Gasteiger partial charge in [-0.1, -0.05) is 24.3 Å². The van der Waals surface area contributed by atoms with Gasteiger partial charge in [-0.3, -0.25) is 0 Å². The average molecular weight is 210 g/mol. The fourth-order valence-electron chi connectivity index (χ4n) is 1.08. The minimum atomic E-state index is -0.174. The standard InChI is InChI=1S/C12H10N4/c1-9-4-2-3-5-10(9)8-16-12(7-14)11(15)6-13/h2-5,8H,15H2,1H3/b12-11-,16-8?. The molecule has 1 rings (SSSR count). The summed E-state index contributed by atoms with van der Waals surface area (Å²) in [5.74, 6) is 0. The maximum absolute atomic E-state index is 8.72. The van der Waals surface area contributed by atoms with E-state index < -0.39 is 0 Å². The SMILES string of the molecule is Cc1ccccc1C=N/C(C#N)=C(\N)C#N. The van der Waals surface area contributed by atoms with E-state index in [-0.39, 0.29) is 11.4 Å². The van der Waals surface area contributed by atoms with Gasteiger partial charge in [0.1, 0.15) is 17.8 Å². The van der Waals surface area contributed by atoms with Crippen LogP contribution in [-0.2, 0) is 0 Å². The van der Waals surface area contributed by atoms with E-state index in [1.165, 1.54) is 6.21 Å². The highest BCUT2D eigenvalue weighted by atomic mass is 14.8. The molecule has 0 fully saturated rings. The molecule has 0 amide bonds. The molecular formula is C12H10N4. The zero-order valence-corrected chi connectivity index (χ0v) is 8.81. The molecule has 78 valence electrons. The Morgan fingerprint density at radius 3 is 2.56 bits per heavy atom. The fraction of sp³-hybridized carbons (Fsp3) is 0.0833. The molecule has 0 aliphatic heterocycles. The summed E-state index contributed by atoms with van der Waals surface area (Å²) in [7, 11) is 0. The number of hydrogen-bond donors (Lipinski definition) is 1. The summed E-state index contributed by atoms with van der Waals surface area (Å²) in [5.41, 5.74) is 7.00. The van der Waals surface area contributed by atoms with Crippen LogP contribution in [0, 0.1) is 29.6 Å². The Hall–Kier alpha value is -2.59. The second-order valence-electron chi connectivity index (χ2n) is 3.10. The first-order chi connectivity index (χ1) is 7.69. The second-order valence-corrected chi connectivity index (χ2v) is 3.10. The maximum Gasteiger partial charge on any atom is 0.174 e. The Morgan fingerprint density at radius 1 is 1.31 bits per heavy atom. The average Bonchev–Trinajstić information content (AvgIpc) is 2.31. The molecule has 0 radical (unpaired) electrons. The van der Waals surface area contributed by atoms with E-state index >= 15 is 0 Å². The highest BCUT2D eigenvalue weighted by Crippen LogP contribution is 2.05. The molecule has 2 N–H and O–H groups in total. The first kappa shape index (κ1) is 11.5. The van der Waals surface area contributed by atoms with Gasteiger partial charge in [0.05, 0.1) is 0 Å².